The molecular formula is C13H15N3O. The van der Waals surface area contributed by atoms with Gasteiger partial charge < -0.3 is 5.21 Å². The van der Waals surface area contributed by atoms with Gasteiger partial charge in [0, 0.05) is 5.56 Å². The van der Waals surface area contributed by atoms with Crippen molar-refractivity contribution in [1.82, 2.24) is 9.78 Å². The molecule has 0 amide bonds. The van der Waals surface area contributed by atoms with Crippen molar-refractivity contribution in [2.24, 2.45) is 5.16 Å². The van der Waals surface area contributed by atoms with Crippen LogP contribution in [0.5, 0.6) is 0 Å². The maximum absolute atomic E-state index is 8.62. The Morgan fingerprint density at radius 1 is 1.29 bits per heavy atom. The summed E-state index contributed by atoms with van der Waals surface area (Å²) in [5, 5.41) is 16.2. The molecule has 0 aliphatic heterocycles. The van der Waals surface area contributed by atoms with Gasteiger partial charge in [0.2, 0.25) is 0 Å². The molecule has 2 rings (SSSR count). The molecule has 0 saturated carbocycles. The highest BCUT2D eigenvalue weighted by Gasteiger charge is 2.11. The van der Waals surface area contributed by atoms with Crippen LogP contribution in [0.25, 0.3) is 5.69 Å². The average Bonchev–Trinajstić information content (AvgIpc) is 2.57. The summed E-state index contributed by atoms with van der Waals surface area (Å²) in [6.45, 7) is 5.90. The van der Waals surface area contributed by atoms with E-state index in [1.807, 2.05) is 43.7 Å². The third-order valence-electron chi connectivity index (χ3n) is 2.78. The van der Waals surface area contributed by atoms with E-state index in [0.29, 0.717) is 0 Å². The maximum Gasteiger partial charge on any atom is 0.0771 e. The van der Waals surface area contributed by atoms with E-state index in [1.165, 1.54) is 11.8 Å². The van der Waals surface area contributed by atoms with Crippen LogP contribution in [-0.2, 0) is 0 Å². The van der Waals surface area contributed by atoms with E-state index in [4.69, 9.17) is 5.21 Å². The molecule has 0 aliphatic carbocycles. The van der Waals surface area contributed by atoms with Gasteiger partial charge in [-0.25, -0.2) is 4.68 Å². The van der Waals surface area contributed by atoms with Gasteiger partial charge in [-0.15, -0.1) is 0 Å². The van der Waals surface area contributed by atoms with Crippen LogP contribution in [0.15, 0.2) is 29.4 Å². The molecule has 0 radical (unpaired) electrons. The van der Waals surface area contributed by atoms with Crippen LogP contribution in [0, 0.1) is 20.8 Å². The average molecular weight is 229 g/mol. The lowest BCUT2D eigenvalue weighted by molar-refractivity contribution is 0.322. The Morgan fingerprint density at radius 3 is 2.71 bits per heavy atom. The first-order valence-electron chi connectivity index (χ1n) is 5.44. The quantitative estimate of drug-likeness (QED) is 0.489. The summed E-state index contributed by atoms with van der Waals surface area (Å²) in [5.41, 5.74) is 4.87. The van der Waals surface area contributed by atoms with Crippen LogP contribution in [0.1, 0.15) is 22.5 Å². The summed E-state index contributed by atoms with van der Waals surface area (Å²) >= 11 is 0. The SMILES string of the molecule is Cc1cccc(-n2nc(C)c(/C=N\O)c2C)c1. The van der Waals surface area contributed by atoms with Gasteiger partial charge in [0.25, 0.3) is 0 Å². The minimum atomic E-state index is 0.849. The van der Waals surface area contributed by atoms with Crippen LogP contribution in [0.3, 0.4) is 0 Å². The maximum atomic E-state index is 8.62. The molecule has 1 aromatic carbocycles. The molecule has 0 bridgehead atoms. The fourth-order valence-electron chi connectivity index (χ4n) is 1.91. The van der Waals surface area contributed by atoms with Crippen molar-refractivity contribution >= 4 is 6.21 Å². The monoisotopic (exact) mass is 229 g/mol. The molecule has 2 aromatic rings. The van der Waals surface area contributed by atoms with Gasteiger partial charge >= 0.3 is 0 Å². The van der Waals surface area contributed by atoms with E-state index in [-0.39, 0.29) is 0 Å². The molecule has 1 aromatic heterocycles. The Labute approximate surface area is 100 Å². The molecule has 88 valence electrons. The van der Waals surface area contributed by atoms with Crippen LogP contribution < -0.4 is 0 Å². The zero-order valence-electron chi connectivity index (χ0n) is 10.2. The molecule has 0 unspecified atom stereocenters. The third-order valence-corrected chi connectivity index (χ3v) is 2.78. The molecule has 4 heteroatoms. The van der Waals surface area contributed by atoms with E-state index in [0.717, 1.165) is 22.6 Å². The number of oxime groups is 1. The predicted molar refractivity (Wildman–Crippen MR) is 67.2 cm³/mol. The Hall–Kier alpha value is -2.10. The van der Waals surface area contributed by atoms with E-state index >= 15 is 0 Å². The second-order valence-corrected chi connectivity index (χ2v) is 4.08. The summed E-state index contributed by atoms with van der Waals surface area (Å²) in [7, 11) is 0. The Bertz CT molecular complexity index is 570. The number of hydrogen-bond acceptors (Lipinski definition) is 3. The summed E-state index contributed by atoms with van der Waals surface area (Å²) in [6.07, 6.45) is 1.42. The highest BCUT2D eigenvalue weighted by molar-refractivity contribution is 5.82. The van der Waals surface area contributed by atoms with Crippen LogP contribution in [0.2, 0.25) is 0 Å². The third kappa shape index (κ3) is 2.06. The second-order valence-electron chi connectivity index (χ2n) is 4.08. The van der Waals surface area contributed by atoms with Crippen LogP contribution >= 0.6 is 0 Å². The molecule has 0 aliphatic rings. The lowest BCUT2D eigenvalue weighted by atomic mass is 10.2. The standard InChI is InChI=1S/C13H15N3O/c1-9-5-4-6-12(7-9)16-11(3)13(8-14-17)10(2)15-16/h4-8,17H,1-3H3/b14-8-. The largest absolute Gasteiger partial charge is 0.411 e. The minimum Gasteiger partial charge on any atom is -0.411 e. The molecule has 1 N–H and O–H groups in total. The van der Waals surface area contributed by atoms with Gasteiger partial charge in [-0.05, 0) is 38.5 Å². The van der Waals surface area contributed by atoms with Gasteiger partial charge in [0.05, 0.1) is 23.3 Å². The fourth-order valence-corrected chi connectivity index (χ4v) is 1.91. The summed E-state index contributed by atoms with van der Waals surface area (Å²) < 4.78 is 1.86. The molecule has 1 heterocycles. The molecule has 0 atom stereocenters. The van der Waals surface area contributed by atoms with E-state index in [9.17, 15) is 0 Å². The van der Waals surface area contributed by atoms with Crippen molar-refractivity contribution in [3.05, 3.63) is 46.8 Å². The van der Waals surface area contributed by atoms with Crippen LogP contribution in [0.4, 0.5) is 0 Å². The molecule has 0 fully saturated rings. The van der Waals surface area contributed by atoms with E-state index < -0.39 is 0 Å². The smallest absolute Gasteiger partial charge is 0.0771 e. The zero-order chi connectivity index (χ0) is 12.4. The number of benzene rings is 1. The normalized spacial score (nSPS) is 11.2. The summed E-state index contributed by atoms with van der Waals surface area (Å²) in [4.78, 5) is 0. The van der Waals surface area contributed by atoms with Gasteiger partial charge in [-0.1, -0.05) is 17.3 Å². The topological polar surface area (TPSA) is 50.4 Å². The van der Waals surface area contributed by atoms with Crippen molar-refractivity contribution in [3.8, 4) is 5.69 Å². The number of nitrogens with zero attached hydrogens (tertiary/aromatic N) is 3. The summed E-state index contributed by atoms with van der Waals surface area (Å²) in [6, 6.07) is 8.12. The lowest BCUT2D eigenvalue weighted by Crippen LogP contribution is -1.99. The Balaban J connectivity index is 2.57. The lowest BCUT2D eigenvalue weighted by Gasteiger charge is -2.05. The number of hydrogen-bond donors (Lipinski definition) is 1. The van der Waals surface area contributed by atoms with Crippen LogP contribution in [-0.4, -0.2) is 21.2 Å². The van der Waals surface area contributed by atoms with Crippen molar-refractivity contribution in [2.45, 2.75) is 20.8 Å². The number of aromatic nitrogens is 2. The first-order chi connectivity index (χ1) is 8.13. The number of aryl methyl sites for hydroxylation is 2. The van der Waals surface area contributed by atoms with Crippen molar-refractivity contribution < 1.29 is 5.21 Å². The van der Waals surface area contributed by atoms with Crippen molar-refractivity contribution in [1.29, 1.82) is 0 Å². The highest BCUT2D eigenvalue weighted by Crippen LogP contribution is 2.17. The molecule has 4 nitrogen and oxygen atoms in total. The predicted octanol–water partition coefficient (Wildman–Crippen LogP) is 2.61. The fraction of sp³-hybridized carbons (Fsp3) is 0.231. The second kappa shape index (κ2) is 4.41. The van der Waals surface area contributed by atoms with Gasteiger partial charge in [0.1, 0.15) is 0 Å². The first kappa shape index (κ1) is 11.4. The minimum absolute atomic E-state index is 0.849. The Kier molecular flexibility index (Phi) is 2.95. The molecule has 17 heavy (non-hydrogen) atoms. The number of rotatable bonds is 2. The van der Waals surface area contributed by atoms with Gasteiger partial charge in [-0.3, -0.25) is 0 Å². The zero-order valence-corrected chi connectivity index (χ0v) is 10.2. The molecular weight excluding hydrogens is 214 g/mol. The first-order valence-corrected chi connectivity index (χ1v) is 5.44. The summed E-state index contributed by atoms with van der Waals surface area (Å²) in [5.74, 6) is 0. The molecule has 0 spiro atoms. The Morgan fingerprint density at radius 2 is 2.06 bits per heavy atom. The van der Waals surface area contributed by atoms with Gasteiger partial charge in [0.15, 0.2) is 0 Å². The highest BCUT2D eigenvalue weighted by atomic mass is 16.4. The van der Waals surface area contributed by atoms with Crippen molar-refractivity contribution in [2.75, 3.05) is 0 Å². The van der Waals surface area contributed by atoms with E-state index in [2.05, 4.69) is 16.3 Å². The van der Waals surface area contributed by atoms with Crippen molar-refractivity contribution in [3.63, 3.8) is 0 Å². The van der Waals surface area contributed by atoms with E-state index in [1.54, 1.807) is 0 Å². The van der Waals surface area contributed by atoms with Gasteiger partial charge in [-0.2, -0.15) is 5.10 Å². The molecule has 0 saturated heterocycles.